The summed E-state index contributed by atoms with van der Waals surface area (Å²) in [7, 11) is 1.73. The minimum atomic E-state index is -0.267. The second-order valence-electron chi connectivity index (χ2n) is 8.04. The van der Waals surface area contributed by atoms with Crippen LogP contribution in [0.1, 0.15) is 52.4 Å². The molecule has 7 heteroatoms. The lowest BCUT2D eigenvalue weighted by atomic mass is 9.93. The zero-order valence-electron chi connectivity index (χ0n) is 16.1. The van der Waals surface area contributed by atoms with E-state index in [4.69, 9.17) is 4.98 Å². The highest BCUT2D eigenvalue weighted by molar-refractivity contribution is 5.75. The fraction of sp³-hybridized carbons (Fsp3) is 0.737. The molecule has 2 aliphatic rings. The Morgan fingerprint density at radius 3 is 2.54 bits per heavy atom. The van der Waals surface area contributed by atoms with Crippen molar-refractivity contribution in [3.05, 3.63) is 20.8 Å². The van der Waals surface area contributed by atoms with Gasteiger partial charge in [-0.1, -0.05) is 33.1 Å². The number of aryl methyl sites for hydroxylation is 1. The Balaban J connectivity index is 1.93. The first-order chi connectivity index (χ1) is 12.5. The van der Waals surface area contributed by atoms with Gasteiger partial charge in [0.05, 0.1) is 0 Å². The summed E-state index contributed by atoms with van der Waals surface area (Å²) >= 11 is 0. The van der Waals surface area contributed by atoms with E-state index in [9.17, 15) is 9.59 Å². The Hall–Kier alpha value is -2.05. The number of rotatable bonds is 3. The summed E-state index contributed by atoms with van der Waals surface area (Å²) in [6.45, 7) is 6.43. The summed E-state index contributed by atoms with van der Waals surface area (Å²) in [5, 5.41) is 0. The summed E-state index contributed by atoms with van der Waals surface area (Å²) < 4.78 is 4.98. The molecule has 0 saturated heterocycles. The molecule has 4 rings (SSSR count). The van der Waals surface area contributed by atoms with E-state index in [-0.39, 0.29) is 11.2 Å². The van der Waals surface area contributed by atoms with Crippen LogP contribution in [0.3, 0.4) is 0 Å². The van der Waals surface area contributed by atoms with Crippen molar-refractivity contribution < 1.29 is 0 Å². The molecular formula is C19H29N5O2. The Morgan fingerprint density at radius 1 is 1.12 bits per heavy atom. The molecule has 0 radical (unpaired) electrons. The second-order valence-corrected chi connectivity index (χ2v) is 8.04. The SMILES string of the molecule is CCCn1c(=O)c2c(nc3n2C[C@@H](C)CN3C2CCCCC2)n(C)c1=O. The predicted molar refractivity (Wildman–Crippen MR) is 103 cm³/mol. The van der Waals surface area contributed by atoms with Gasteiger partial charge in [-0.05, 0) is 25.2 Å². The molecule has 0 amide bonds. The fourth-order valence-corrected chi connectivity index (χ4v) is 4.66. The molecule has 1 fully saturated rings. The van der Waals surface area contributed by atoms with Crippen LogP contribution < -0.4 is 16.1 Å². The molecule has 0 N–H and O–H groups in total. The van der Waals surface area contributed by atoms with Crippen molar-refractivity contribution in [2.45, 2.75) is 71.5 Å². The largest absolute Gasteiger partial charge is 0.339 e. The highest BCUT2D eigenvalue weighted by atomic mass is 16.2. The summed E-state index contributed by atoms with van der Waals surface area (Å²) in [6.07, 6.45) is 6.97. The third-order valence-corrected chi connectivity index (χ3v) is 5.93. The van der Waals surface area contributed by atoms with Gasteiger partial charge < -0.3 is 9.47 Å². The molecule has 7 nitrogen and oxygen atoms in total. The van der Waals surface area contributed by atoms with Crippen LogP contribution in [-0.4, -0.2) is 31.3 Å². The van der Waals surface area contributed by atoms with Gasteiger partial charge in [-0.25, -0.2) is 4.79 Å². The minimum Gasteiger partial charge on any atom is -0.339 e. The summed E-state index contributed by atoms with van der Waals surface area (Å²) in [5.74, 6) is 1.34. The Morgan fingerprint density at radius 2 is 1.85 bits per heavy atom. The van der Waals surface area contributed by atoms with Crippen molar-refractivity contribution in [1.82, 2.24) is 18.7 Å². The molecule has 0 bridgehead atoms. The van der Waals surface area contributed by atoms with Crippen molar-refractivity contribution >= 4 is 17.1 Å². The molecular weight excluding hydrogens is 330 g/mol. The van der Waals surface area contributed by atoms with Crippen molar-refractivity contribution in [3.8, 4) is 0 Å². The third kappa shape index (κ3) is 2.59. The molecule has 0 aromatic carbocycles. The molecule has 2 aromatic heterocycles. The normalized spacial score (nSPS) is 21.3. The van der Waals surface area contributed by atoms with E-state index in [2.05, 4.69) is 16.4 Å². The number of aromatic nitrogens is 4. The molecule has 1 aliphatic heterocycles. The first-order valence-electron chi connectivity index (χ1n) is 9.99. The van der Waals surface area contributed by atoms with Gasteiger partial charge in [-0.15, -0.1) is 0 Å². The highest BCUT2D eigenvalue weighted by Crippen LogP contribution is 2.32. The number of nitrogens with zero attached hydrogens (tertiary/aromatic N) is 5. The maximum atomic E-state index is 13.1. The van der Waals surface area contributed by atoms with Crippen LogP contribution in [0.25, 0.3) is 11.2 Å². The Kier molecular flexibility index (Phi) is 4.40. The lowest BCUT2D eigenvalue weighted by molar-refractivity contribution is 0.354. The number of hydrogen-bond acceptors (Lipinski definition) is 4. The average molecular weight is 359 g/mol. The van der Waals surface area contributed by atoms with E-state index < -0.39 is 0 Å². The zero-order chi connectivity index (χ0) is 18.4. The second kappa shape index (κ2) is 6.59. The van der Waals surface area contributed by atoms with Crippen LogP contribution in [0, 0.1) is 5.92 Å². The summed E-state index contributed by atoms with van der Waals surface area (Å²) in [6, 6.07) is 0.497. The summed E-state index contributed by atoms with van der Waals surface area (Å²) in [5.41, 5.74) is 0.652. The maximum absolute atomic E-state index is 13.1. The quantitative estimate of drug-likeness (QED) is 0.842. The van der Waals surface area contributed by atoms with E-state index in [1.165, 1.54) is 36.7 Å². The van der Waals surface area contributed by atoms with E-state index in [1.807, 2.05) is 6.92 Å². The van der Waals surface area contributed by atoms with Gasteiger partial charge in [0.1, 0.15) is 0 Å². The number of anilines is 1. The van der Waals surface area contributed by atoms with Crippen LogP contribution in [0.4, 0.5) is 5.95 Å². The first-order valence-corrected chi connectivity index (χ1v) is 9.99. The van der Waals surface area contributed by atoms with Gasteiger partial charge in [0.2, 0.25) is 5.95 Å². The lowest BCUT2D eigenvalue weighted by Gasteiger charge is -2.40. The topological polar surface area (TPSA) is 65.1 Å². The molecule has 1 atom stereocenters. The monoisotopic (exact) mass is 359 g/mol. The highest BCUT2D eigenvalue weighted by Gasteiger charge is 2.33. The molecule has 3 heterocycles. The molecule has 0 spiro atoms. The summed E-state index contributed by atoms with van der Waals surface area (Å²) in [4.78, 5) is 32.9. The van der Waals surface area contributed by atoms with E-state index in [0.29, 0.717) is 29.7 Å². The van der Waals surface area contributed by atoms with Crippen LogP contribution in [-0.2, 0) is 20.1 Å². The van der Waals surface area contributed by atoms with Crippen molar-refractivity contribution in [2.75, 3.05) is 11.4 Å². The minimum absolute atomic E-state index is 0.193. The number of fused-ring (bicyclic) bond motifs is 3. The predicted octanol–water partition coefficient (Wildman–Crippen LogP) is 2.10. The van der Waals surface area contributed by atoms with Crippen LogP contribution in [0.15, 0.2) is 9.59 Å². The van der Waals surface area contributed by atoms with Crippen LogP contribution in [0.2, 0.25) is 0 Å². The van der Waals surface area contributed by atoms with Gasteiger partial charge in [0, 0.05) is 32.7 Å². The molecule has 2 aromatic rings. The molecule has 26 heavy (non-hydrogen) atoms. The van der Waals surface area contributed by atoms with Gasteiger partial charge in [-0.2, -0.15) is 4.98 Å². The molecule has 1 aliphatic carbocycles. The zero-order valence-corrected chi connectivity index (χ0v) is 16.1. The Labute approximate surface area is 153 Å². The van der Waals surface area contributed by atoms with Crippen molar-refractivity contribution in [1.29, 1.82) is 0 Å². The van der Waals surface area contributed by atoms with Crippen molar-refractivity contribution in [2.24, 2.45) is 13.0 Å². The fourth-order valence-electron chi connectivity index (χ4n) is 4.66. The van der Waals surface area contributed by atoms with Crippen LogP contribution >= 0.6 is 0 Å². The molecule has 142 valence electrons. The van der Waals surface area contributed by atoms with E-state index in [1.54, 1.807) is 11.6 Å². The van der Waals surface area contributed by atoms with Gasteiger partial charge >= 0.3 is 5.69 Å². The first kappa shape index (κ1) is 17.4. The smallest absolute Gasteiger partial charge is 0.332 e. The van der Waals surface area contributed by atoms with E-state index >= 15 is 0 Å². The standard InChI is InChI=1S/C19H29N5O2/c1-4-10-22-17(25)15-16(21(3)19(22)26)20-18-23(11-13(2)12-24(15)18)14-8-6-5-7-9-14/h13-14H,4-12H2,1-3H3/t13-/m0/s1. The third-order valence-electron chi connectivity index (χ3n) is 5.93. The van der Waals surface area contributed by atoms with Gasteiger partial charge in [0.15, 0.2) is 11.2 Å². The van der Waals surface area contributed by atoms with Gasteiger partial charge in [-0.3, -0.25) is 13.9 Å². The Bertz CT molecular complexity index is 932. The number of imidazole rings is 1. The van der Waals surface area contributed by atoms with Gasteiger partial charge in [0.25, 0.3) is 5.56 Å². The van der Waals surface area contributed by atoms with E-state index in [0.717, 1.165) is 25.5 Å². The molecule has 0 unspecified atom stereocenters. The molecule has 1 saturated carbocycles. The average Bonchev–Trinajstić information content (AvgIpc) is 3.03. The maximum Gasteiger partial charge on any atom is 0.332 e. The van der Waals surface area contributed by atoms with Crippen LogP contribution in [0.5, 0.6) is 0 Å². The number of hydrogen-bond donors (Lipinski definition) is 0. The van der Waals surface area contributed by atoms with Crippen molar-refractivity contribution in [3.63, 3.8) is 0 Å². The lowest BCUT2D eigenvalue weighted by Crippen LogP contribution is -2.45.